The Morgan fingerprint density at radius 2 is 1.85 bits per heavy atom. The van der Waals surface area contributed by atoms with Crippen LogP contribution in [0.5, 0.6) is 5.75 Å². The average molecular weight is 483 g/mol. The van der Waals surface area contributed by atoms with Crippen LogP contribution in [0, 0.1) is 5.92 Å². The molecule has 10 heteroatoms. The minimum atomic E-state index is -1.46. The number of nitrogens with zero attached hydrogens (tertiary/aromatic N) is 1. The van der Waals surface area contributed by atoms with Crippen molar-refractivity contribution in [3.8, 4) is 5.75 Å². The number of aliphatic hydroxyl groups excluding tert-OH is 4. The maximum atomic E-state index is 12.8. The van der Waals surface area contributed by atoms with Gasteiger partial charge in [-0.1, -0.05) is 12.1 Å². The maximum absolute atomic E-state index is 12.8. The van der Waals surface area contributed by atoms with E-state index in [1.54, 1.807) is 12.1 Å². The van der Waals surface area contributed by atoms with Crippen molar-refractivity contribution < 1.29 is 39.4 Å². The summed E-state index contributed by atoms with van der Waals surface area (Å²) in [6, 6.07) is 7.74. The highest BCUT2D eigenvalue weighted by Crippen LogP contribution is 2.27. The zero-order valence-electron chi connectivity index (χ0n) is 19.9. The number of aliphatic hydroxyl groups is 4. The fourth-order valence-electron chi connectivity index (χ4n) is 4.32. The summed E-state index contributed by atoms with van der Waals surface area (Å²) in [5, 5.41) is 42.1. The molecule has 10 nitrogen and oxygen atoms in total. The number of hydrogen-bond acceptors (Lipinski definition) is 9. The highest BCUT2D eigenvalue weighted by atomic mass is 16.7. The lowest BCUT2D eigenvalue weighted by molar-refractivity contribution is -0.296. The number of carbonyl (C=O) groups is 1. The Hall–Kier alpha value is -1.79. The number of amides is 1. The van der Waals surface area contributed by atoms with Crippen LogP contribution in [0.4, 0.5) is 5.69 Å². The Morgan fingerprint density at radius 1 is 1.15 bits per heavy atom. The standard InChI is InChI=1S/C24H38N2O8/c1-15(2)26-10-8-16(9-11-26)23(30)25-17-6-3-4-7-18(17)32-12-5-13-33-22-21(29)20(28)19(14-27)34-24(22)31/h3-4,6-7,15-16,19-22,24,27-29,31H,5,8-14H2,1-2H3,(H,25,30)/t19-,20-,21+,22-,24-/m1/s1. The second-order valence-electron chi connectivity index (χ2n) is 9.16. The van der Waals surface area contributed by atoms with Crippen LogP contribution in [0.2, 0.25) is 0 Å². The molecule has 1 amide bonds. The molecule has 0 unspecified atom stereocenters. The highest BCUT2D eigenvalue weighted by Gasteiger charge is 2.44. The maximum Gasteiger partial charge on any atom is 0.227 e. The topological polar surface area (TPSA) is 141 Å². The summed E-state index contributed by atoms with van der Waals surface area (Å²) in [5.74, 6) is 0.536. The predicted molar refractivity (Wildman–Crippen MR) is 124 cm³/mol. The van der Waals surface area contributed by atoms with E-state index in [9.17, 15) is 20.1 Å². The van der Waals surface area contributed by atoms with E-state index in [4.69, 9.17) is 19.3 Å². The molecule has 0 aromatic heterocycles. The van der Waals surface area contributed by atoms with E-state index < -0.39 is 37.3 Å². The number of anilines is 1. The molecule has 3 rings (SSSR count). The van der Waals surface area contributed by atoms with Gasteiger partial charge in [-0.3, -0.25) is 4.79 Å². The normalized spacial score (nSPS) is 28.7. The molecule has 2 fully saturated rings. The van der Waals surface area contributed by atoms with Crippen LogP contribution in [0.3, 0.4) is 0 Å². The number of carbonyl (C=O) groups excluding carboxylic acids is 1. The molecule has 2 heterocycles. The molecule has 34 heavy (non-hydrogen) atoms. The van der Waals surface area contributed by atoms with E-state index in [1.165, 1.54) is 0 Å². The van der Waals surface area contributed by atoms with Crippen LogP contribution in [0.1, 0.15) is 33.1 Å². The van der Waals surface area contributed by atoms with E-state index >= 15 is 0 Å². The predicted octanol–water partition coefficient (Wildman–Crippen LogP) is 0.331. The molecule has 2 aliphatic rings. The van der Waals surface area contributed by atoms with Crippen LogP contribution in [0.25, 0.3) is 0 Å². The van der Waals surface area contributed by atoms with Gasteiger partial charge in [-0.2, -0.15) is 0 Å². The number of likely N-dealkylation sites (tertiary alicyclic amines) is 1. The molecule has 2 aliphatic heterocycles. The number of nitrogens with one attached hydrogen (secondary N) is 1. The van der Waals surface area contributed by atoms with Crippen molar-refractivity contribution in [2.75, 3.05) is 38.2 Å². The lowest BCUT2D eigenvalue weighted by atomic mass is 9.95. The van der Waals surface area contributed by atoms with Gasteiger partial charge < -0.3 is 44.9 Å². The van der Waals surface area contributed by atoms with Crippen LogP contribution in [-0.4, -0.2) is 101 Å². The van der Waals surface area contributed by atoms with Crippen molar-refractivity contribution in [1.29, 1.82) is 0 Å². The van der Waals surface area contributed by atoms with E-state index in [0.29, 0.717) is 23.9 Å². The third-order valence-corrected chi connectivity index (χ3v) is 6.47. The molecule has 192 valence electrons. The summed E-state index contributed by atoms with van der Waals surface area (Å²) in [4.78, 5) is 15.2. The van der Waals surface area contributed by atoms with E-state index in [0.717, 1.165) is 25.9 Å². The summed E-state index contributed by atoms with van der Waals surface area (Å²) in [6.07, 6.45) is -4.30. The highest BCUT2D eigenvalue weighted by molar-refractivity contribution is 5.94. The number of hydrogen-bond donors (Lipinski definition) is 5. The second-order valence-corrected chi connectivity index (χ2v) is 9.16. The first-order valence-corrected chi connectivity index (χ1v) is 12.0. The van der Waals surface area contributed by atoms with Gasteiger partial charge in [0.25, 0.3) is 0 Å². The van der Waals surface area contributed by atoms with E-state index in [2.05, 4.69) is 24.1 Å². The van der Waals surface area contributed by atoms with E-state index in [-0.39, 0.29) is 25.0 Å². The molecule has 0 bridgehead atoms. The first kappa shape index (κ1) is 26.8. The van der Waals surface area contributed by atoms with Gasteiger partial charge in [0, 0.05) is 18.4 Å². The third-order valence-electron chi connectivity index (χ3n) is 6.47. The molecule has 0 saturated carbocycles. The van der Waals surface area contributed by atoms with Crippen molar-refractivity contribution in [3.63, 3.8) is 0 Å². The van der Waals surface area contributed by atoms with Crippen molar-refractivity contribution >= 4 is 11.6 Å². The molecular weight excluding hydrogens is 444 g/mol. The number of para-hydroxylation sites is 2. The van der Waals surface area contributed by atoms with Crippen molar-refractivity contribution in [1.82, 2.24) is 4.90 Å². The van der Waals surface area contributed by atoms with Crippen LogP contribution in [0.15, 0.2) is 24.3 Å². The molecule has 5 N–H and O–H groups in total. The van der Waals surface area contributed by atoms with Gasteiger partial charge in [0.1, 0.15) is 30.2 Å². The van der Waals surface area contributed by atoms with Gasteiger partial charge in [0.15, 0.2) is 6.29 Å². The monoisotopic (exact) mass is 482 g/mol. The third kappa shape index (κ3) is 6.88. The summed E-state index contributed by atoms with van der Waals surface area (Å²) in [6.45, 7) is 6.07. The Bertz CT molecular complexity index is 771. The van der Waals surface area contributed by atoms with Gasteiger partial charge >= 0.3 is 0 Å². The number of rotatable bonds is 10. The molecule has 1 aromatic carbocycles. The van der Waals surface area contributed by atoms with Crippen LogP contribution < -0.4 is 10.1 Å². The quantitative estimate of drug-likeness (QED) is 0.298. The van der Waals surface area contributed by atoms with Crippen molar-refractivity contribution in [2.24, 2.45) is 5.92 Å². The second kappa shape index (κ2) is 12.8. The van der Waals surface area contributed by atoms with E-state index in [1.807, 2.05) is 12.1 Å². The Morgan fingerprint density at radius 3 is 2.53 bits per heavy atom. The number of benzene rings is 1. The Kier molecular flexibility index (Phi) is 10.1. The SMILES string of the molecule is CC(C)N1CCC(C(=O)Nc2ccccc2OCCCO[C@@H]2[C@@H](O)[C@H](O)[C@@H](CO)O[C@H]2O)CC1. The molecule has 0 spiro atoms. The van der Waals surface area contributed by atoms with Crippen LogP contribution in [-0.2, 0) is 14.3 Å². The molecule has 2 saturated heterocycles. The summed E-state index contributed by atoms with van der Waals surface area (Å²) in [5.41, 5.74) is 0.615. The summed E-state index contributed by atoms with van der Waals surface area (Å²) >= 11 is 0. The average Bonchev–Trinajstić information content (AvgIpc) is 2.84. The van der Waals surface area contributed by atoms with Crippen LogP contribution >= 0.6 is 0 Å². The number of ether oxygens (including phenoxy) is 3. The lowest BCUT2D eigenvalue weighted by Crippen LogP contribution is -2.59. The molecule has 0 aliphatic carbocycles. The minimum absolute atomic E-state index is 0.00260. The van der Waals surface area contributed by atoms with Gasteiger partial charge in [-0.15, -0.1) is 0 Å². The molecule has 1 aromatic rings. The van der Waals surface area contributed by atoms with Gasteiger partial charge in [-0.05, 0) is 51.9 Å². The summed E-state index contributed by atoms with van der Waals surface area (Å²) < 4.78 is 16.4. The minimum Gasteiger partial charge on any atom is -0.491 e. The lowest BCUT2D eigenvalue weighted by Gasteiger charge is -2.39. The Labute approximate surface area is 200 Å². The van der Waals surface area contributed by atoms with Crippen molar-refractivity contribution in [2.45, 2.75) is 69.9 Å². The first-order chi connectivity index (χ1) is 16.3. The van der Waals surface area contributed by atoms with Gasteiger partial charge in [-0.25, -0.2) is 0 Å². The molecule has 0 radical (unpaired) electrons. The first-order valence-electron chi connectivity index (χ1n) is 12.0. The zero-order valence-corrected chi connectivity index (χ0v) is 19.9. The molecular formula is C24H38N2O8. The summed E-state index contributed by atoms with van der Waals surface area (Å²) in [7, 11) is 0. The van der Waals surface area contributed by atoms with Gasteiger partial charge in [0.2, 0.25) is 5.91 Å². The fourth-order valence-corrected chi connectivity index (χ4v) is 4.32. The van der Waals surface area contributed by atoms with Crippen molar-refractivity contribution in [3.05, 3.63) is 24.3 Å². The smallest absolute Gasteiger partial charge is 0.227 e. The fraction of sp³-hybridized carbons (Fsp3) is 0.708. The largest absolute Gasteiger partial charge is 0.491 e. The number of piperidine rings is 1. The zero-order chi connectivity index (χ0) is 24.7. The molecule has 5 atom stereocenters. The Balaban J connectivity index is 1.43. The van der Waals surface area contributed by atoms with Gasteiger partial charge in [0.05, 0.1) is 25.5 Å².